The molecule has 8 nitrogen and oxygen atoms in total. The summed E-state index contributed by atoms with van der Waals surface area (Å²) in [7, 11) is 1.28. The number of amides is 1. The molecule has 20 heavy (non-hydrogen) atoms. The minimum absolute atomic E-state index is 0.0401. The minimum atomic E-state index is -0.447. The van der Waals surface area contributed by atoms with Crippen LogP contribution in [-0.4, -0.2) is 34.2 Å². The van der Waals surface area contributed by atoms with E-state index in [2.05, 4.69) is 25.2 Å². The molecule has 2 aromatic heterocycles. The van der Waals surface area contributed by atoms with Crippen molar-refractivity contribution < 1.29 is 18.7 Å². The highest BCUT2D eigenvalue weighted by molar-refractivity contribution is 6.00. The largest absolute Gasteiger partial charge is 0.469 e. The van der Waals surface area contributed by atoms with Gasteiger partial charge in [0.15, 0.2) is 0 Å². The van der Waals surface area contributed by atoms with E-state index >= 15 is 0 Å². The fourth-order valence-electron chi connectivity index (χ4n) is 1.33. The maximum absolute atomic E-state index is 11.6. The summed E-state index contributed by atoms with van der Waals surface area (Å²) in [5.41, 5.74) is 0. The van der Waals surface area contributed by atoms with E-state index < -0.39 is 11.9 Å². The topological polar surface area (TPSA) is 110 Å². The van der Waals surface area contributed by atoms with Crippen molar-refractivity contribution in [3.05, 3.63) is 36.1 Å². The first-order valence-electron chi connectivity index (χ1n) is 5.68. The summed E-state index contributed by atoms with van der Waals surface area (Å²) in [5, 5.41) is 8.73. The first-order chi connectivity index (χ1) is 9.67. The molecule has 0 saturated carbocycles. The number of aromatic nitrogens is 3. The zero-order valence-corrected chi connectivity index (χ0v) is 10.6. The molecule has 0 radical (unpaired) electrons. The van der Waals surface area contributed by atoms with E-state index in [0.29, 0.717) is 11.6 Å². The minimum Gasteiger partial charge on any atom is -0.469 e. The molecular weight excluding hydrogens is 264 g/mol. The Balaban J connectivity index is 1.90. The molecule has 0 aromatic carbocycles. The van der Waals surface area contributed by atoms with E-state index in [0.717, 1.165) is 0 Å². The lowest BCUT2D eigenvalue weighted by Crippen LogP contribution is -2.09. The Morgan fingerprint density at radius 3 is 3.10 bits per heavy atom. The van der Waals surface area contributed by atoms with Crippen LogP contribution in [0.3, 0.4) is 0 Å². The summed E-state index contributed by atoms with van der Waals surface area (Å²) in [6.45, 7) is 0. The summed E-state index contributed by atoms with van der Waals surface area (Å²) in [6.07, 6.45) is 4.26. The Labute approximate surface area is 113 Å². The Morgan fingerprint density at radius 2 is 2.40 bits per heavy atom. The molecule has 104 valence electrons. The second-order valence-corrected chi connectivity index (χ2v) is 3.70. The second-order valence-electron chi connectivity index (χ2n) is 3.70. The molecule has 0 bridgehead atoms. The SMILES string of the molecule is COC(=O)Cc1nc(NC(=O)/C=C\c2ccco2)n[nH]1. The fraction of sp³-hybridized carbons (Fsp3) is 0.167. The molecule has 2 N–H and O–H groups in total. The van der Waals surface area contributed by atoms with Crippen LogP contribution in [0.4, 0.5) is 5.95 Å². The van der Waals surface area contributed by atoms with Gasteiger partial charge in [0, 0.05) is 6.08 Å². The van der Waals surface area contributed by atoms with E-state index in [9.17, 15) is 9.59 Å². The van der Waals surface area contributed by atoms with E-state index in [1.54, 1.807) is 12.1 Å². The van der Waals surface area contributed by atoms with Crippen LogP contribution in [0.2, 0.25) is 0 Å². The number of nitrogens with zero attached hydrogens (tertiary/aromatic N) is 2. The lowest BCUT2D eigenvalue weighted by Gasteiger charge is -1.94. The van der Waals surface area contributed by atoms with Crippen LogP contribution in [0.5, 0.6) is 0 Å². The maximum Gasteiger partial charge on any atom is 0.313 e. The number of carbonyl (C=O) groups is 2. The van der Waals surface area contributed by atoms with E-state index in [1.165, 1.54) is 25.5 Å². The molecule has 2 heterocycles. The number of hydrogen-bond acceptors (Lipinski definition) is 6. The number of furan rings is 1. The van der Waals surface area contributed by atoms with Crippen LogP contribution >= 0.6 is 0 Å². The molecule has 0 saturated heterocycles. The van der Waals surface area contributed by atoms with E-state index in [1.807, 2.05) is 0 Å². The molecule has 0 aliphatic heterocycles. The molecule has 8 heteroatoms. The highest BCUT2D eigenvalue weighted by Crippen LogP contribution is 2.04. The first kappa shape index (κ1) is 13.5. The van der Waals surface area contributed by atoms with Crippen LogP contribution < -0.4 is 5.32 Å². The van der Waals surface area contributed by atoms with Gasteiger partial charge in [0.25, 0.3) is 5.91 Å². The number of ether oxygens (including phenoxy) is 1. The van der Waals surface area contributed by atoms with Crippen LogP contribution in [0, 0.1) is 0 Å². The fourth-order valence-corrected chi connectivity index (χ4v) is 1.33. The van der Waals surface area contributed by atoms with Gasteiger partial charge in [0.2, 0.25) is 5.95 Å². The van der Waals surface area contributed by atoms with Crippen molar-refractivity contribution >= 4 is 23.9 Å². The normalized spacial score (nSPS) is 10.7. The number of anilines is 1. The third-order valence-corrected chi connectivity index (χ3v) is 2.25. The number of nitrogens with one attached hydrogen (secondary N) is 2. The van der Waals surface area contributed by atoms with Crippen LogP contribution in [0.25, 0.3) is 6.08 Å². The van der Waals surface area contributed by atoms with Gasteiger partial charge in [-0.1, -0.05) is 0 Å². The lowest BCUT2D eigenvalue weighted by atomic mass is 10.4. The van der Waals surface area contributed by atoms with E-state index in [-0.39, 0.29) is 12.4 Å². The van der Waals surface area contributed by atoms with Crippen molar-refractivity contribution in [3.8, 4) is 0 Å². The zero-order chi connectivity index (χ0) is 14.4. The predicted octanol–water partition coefficient (Wildman–Crippen LogP) is 0.765. The van der Waals surface area contributed by atoms with Gasteiger partial charge in [-0.25, -0.2) is 0 Å². The predicted molar refractivity (Wildman–Crippen MR) is 68.5 cm³/mol. The highest BCUT2D eigenvalue weighted by Gasteiger charge is 2.09. The maximum atomic E-state index is 11.6. The summed E-state index contributed by atoms with van der Waals surface area (Å²) in [6, 6.07) is 3.43. The van der Waals surface area contributed by atoms with Crippen LogP contribution in [0.1, 0.15) is 11.6 Å². The molecule has 0 aliphatic rings. The molecule has 1 amide bonds. The van der Waals surface area contributed by atoms with Gasteiger partial charge < -0.3 is 9.15 Å². The van der Waals surface area contributed by atoms with Crippen molar-refractivity contribution in [1.82, 2.24) is 15.2 Å². The second kappa shape index (κ2) is 6.32. The van der Waals surface area contributed by atoms with Gasteiger partial charge in [0.1, 0.15) is 18.0 Å². The van der Waals surface area contributed by atoms with Crippen molar-refractivity contribution in [2.45, 2.75) is 6.42 Å². The number of aromatic amines is 1. The number of H-pyrrole nitrogens is 1. The van der Waals surface area contributed by atoms with Gasteiger partial charge in [0.05, 0.1) is 13.4 Å². The average Bonchev–Trinajstić information content (AvgIpc) is 3.08. The van der Waals surface area contributed by atoms with Gasteiger partial charge >= 0.3 is 5.97 Å². The lowest BCUT2D eigenvalue weighted by molar-refractivity contribution is -0.139. The third-order valence-electron chi connectivity index (χ3n) is 2.25. The van der Waals surface area contributed by atoms with Gasteiger partial charge in [-0.3, -0.25) is 20.0 Å². The van der Waals surface area contributed by atoms with Crippen LogP contribution in [-0.2, 0) is 20.7 Å². The smallest absolute Gasteiger partial charge is 0.313 e. The molecule has 2 rings (SSSR count). The number of hydrogen-bond donors (Lipinski definition) is 2. The first-order valence-corrected chi connectivity index (χ1v) is 5.68. The van der Waals surface area contributed by atoms with Crippen molar-refractivity contribution in [2.24, 2.45) is 0 Å². The zero-order valence-electron chi connectivity index (χ0n) is 10.6. The Bertz CT molecular complexity index is 615. The highest BCUT2D eigenvalue weighted by atomic mass is 16.5. The van der Waals surface area contributed by atoms with E-state index in [4.69, 9.17) is 4.42 Å². The summed E-state index contributed by atoms with van der Waals surface area (Å²) in [5.74, 6) is 0.0865. The standard InChI is InChI=1S/C12H12N4O4/c1-19-11(18)7-9-13-12(16-15-9)14-10(17)5-4-8-3-2-6-20-8/h2-6H,7H2,1H3,(H2,13,14,15,16,17)/b5-4-. The molecule has 0 aliphatic carbocycles. The Kier molecular flexibility index (Phi) is 4.28. The van der Waals surface area contributed by atoms with Gasteiger partial charge in [-0.2, -0.15) is 4.98 Å². The van der Waals surface area contributed by atoms with Gasteiger partial charge in [-0.05, 0) is 18.2 Å². The number of methoxy groups -OCH3 is 1. The number of rotatable bonds is 5. The summed E-state index contributed by atoms with van der Waals surface area (Å²) < 4.78 is 9.53. The third kappa shape index (κ3) is 3.80. The molecule has 0 atom stereocenters. The molecule has 0 spiro atoms. The summed E-state index contributed by atoms with van der Waals surface area (Å²) >= 11 is 0. The number of esters is 1. The Morgan fingerprint density at radius 1 is 1.55 bits per heavy atom. The molecular formula is C12H12N4O4. The van der Waals surface area contributed by atoms with Crippen molar-refractivity contribution in [2.75, 3.05) is 12.4 Å². The summed E-state index contributed by atoms with van der Waals surface area (Å²) in [4.78, 5) is 26.5. The van der Waals surface area contributed by atoms with Crippen molar-refractivity contribution in [1.29, 1.82) is 0 Å². The quantitative estimate of drug-likeness (QED) is 0.616. The molecule has 0 fully saturated rings. The Hall–Kier alpha value is -2.90. The van der Waals surface area contributed by atoms with Gasteiger partial charge in [-0.15, -0.1) is 5.10 Å². The van der Waals surface area contributed by atoms with Crippen LogP contribution in [0.15, 0.2) is 28.9 Å². The molecule has 0 unspecified atom stereocenters. The molecule has 2 aromatic rings. The monoisotopic (exact) mass is 276 g/mol. The number of carbonyl (C=O) groups excluding carboxylic acids is 2. The van der Waals surface area contributed by atoms with Crippen molar-refractivity contribution in [3.63, 3.8) is 0 Å². The average molecular weight is 276 g/mol.